The van der Waals surface area contributed by atoms with E-state index in [0.29, 0.717) is 5.56 Å². The summed E-state index contributed by atoms with van der Waals surface area (Å²) in [5.74, 6) is -0.543. The molecule has 0 amide bonds. The number of carbonyl (C=O) groups is 1. The van der Waals surface area contributed by atoms with E-state index in [1.54, 1.807) is 32.9 Å². The highest BCUT2D eigenvalue weighted by Gasteiger charge is 2.24. The van der Waals surface area contributed by atoms with Gasteiger partial charge in [-0.25, -0.2) is 4.79 Å². The first-order chi connectivity index (χ1) is 10.8. The van der Waals surface area contributed by atoms with Crippen molar-refractivity contribution in [3.8, 4) is 0 Å². The summed E-state index contributed by atoms with van der Waals surface area (Å²) >= 11 is 0. The molecule has 0 spiro atoms. The predicted molar refractivity (Wildman–Crippen MR) is 87.9 cm³/mol. The van der Waals surface area contributed by atoms with Gasteiger partial charge in [-0.05, 0) is 31.5 Å². The van der Waals surface area contributed by atoms with Crippen LogP contribution in [0.25, 0.3) is 10.8 Å². The second-order valence-corrected chi connectivity index (χ2v) is 6.18. The van der Waals surface area contributed by atoms with Crippen molar-refractivity contribution in [1.29, 1.82) is 0 Å². The number of benzene rings is 2. The van der Waals surface area contributed by atoms with E-state index >= 15 is 0 Å². The molecule has 23 heavy (non-hydrogen) atoms. The van der Waals surface area contributed by atoms with Crippen LogP contribution in [0, 0.1) is 15.5 Å². The van der Waals surface area contributed by atoms with E-state index in [1.165, 1.54) is 0 Å². The van der Waals surface area contributed by atoms with Crippen LogP contribution in [0.1, 0.15) is 26.3 Å². The quantitative estimate of drug-likeness (QED) is 0.375. The second kappa shape index (κ2) is 6.56. The molecule has 2 aromatic carbocycles. The maximum Gasteiger partial charge on any atom is 0.340 e. The maximum atomic E-state index is 11.9. The average molecular weight is 314 g/mol. The number of nitrogens with zero attached hydrogens (tertiary/aromatic N) is 2. The van der Waals surface area contributed by atoms with Crippen molar-refractivity contribution >= 4 is 22.5 Å². The van der Waals surface area contributed by atoms with Crippen molar-refractivity contribution in [2.24, 2.45) is 10.6 Å². The Morgan fingerprint density at radius 3 is 2.48 bits per heavy atom. The van der Waals surface area contributed by atoms with Gasteiger partial charge in [-0.3, -0.25) is 10.1 Å². The van der Waals surface area contributed by atoms with E-state index in [9.17, 15) is 14.9 Å². The molecule has 0 aliphatic rings. The third-order valence-electron chi connectivity index (χ3n) is 3.23. The standard InChI is InChI=1S/C17H18N2O4/c1-17(2,3)16(20)23-18-15(11-19(21)22)14-10-6-8-12-7-4-5-9-13(12)14/h4-10H,11H2,1-3H3. The van der Waals surface area contributed by atoms with Crippen LogP contribution >= 0.6 is 0 Å². The molecule has 0 aromatic heterocycles. The molecule has 0 saturated carbocycles. The molecule has 0 N–H and O–H groups in total. The van der Waals surface area contributed by atoms with E-state index in [2.05, 4.69) is 5.16 Å². The first-order valence-electron chi connectivity index (χ1n) is 7.17. The fraction of sp³-hybridized carbons (Fsp3) is 0.294. The fourth-order valence-electron chi connectivity index (χ4n) is 2.00. The molecular formula is C17H18N2O4. The fourth-order valence-corrected chi connectivity index (χ4v) is 2.00. The van der Waals surface area contributed by atoms with Crippen molar-refractivity contribution in [3.05, 3.63) is 58.1 Å². The van der Waals surface area contributed by atoms with Crippen molar-refractivity contribution in [2.45, 2.75) is 20.8 Å². The summed E-state index contributed by atoms with van der Waals surface area (Å²) in [5, 5.41) is 16.5. The SMILES string of the molecule is CC(C)(C)C(=O)ON=C(C[N+](=O)[O-])c1cccc2ccccc12. The Hall–Kier alpha value is -2.76. The van der Waals surface area contributed by atoms with Gasteiger partial charge in [0.15, 0.2) is 5.71 Å². The van der Waals surface area contributed by atoms with E-state index < -0.39 is 22.9 Å². The van der Waals surface area contributed by atoms with E-state index in [-0.39, 0.29) is 5.71 Å². The first-order valence-corrected chi connectivity index (χ1v) is 7.17. The lowest BCUT2D eigenvalue weighted by Gasteiger charge is -2.13. The topological polar surface area (TPSA) is 81.8 Å². The third kappa shape index (κ3) is 4.12. The largest absolute Gasteiger partial charge is 0.340 e. The van der Waals surface area contributed by atoms with Gasteiger partial charge in [-0.15, -0.1) is 0 Å². The van der Waals surface area contributed by atoms with Crippen molar-refractivity contribution in [1.82, 2.24) is 0 Å². The average Bonchev–Trinajstić information content (AvgIpc) is 2.49. The highest BCUT2D eigenvalue weighted by atomic mass is 16.7. The summed E-state index contributed by atoms with van der Waals surface area (Å²) in [4.78, 5) is 27.2. The van der Waals surface area contributed by atoms with Crippen LogP contribution < -0.4 is 0 Å². The van der Waals surface area contributed by atoms with Crippen molar-refractivity contribution in [2.75, 3.05) is 6.54 Å². The van der Waals surface area contributed by atoms with Crippen LogP contribution in [0.2, 0.25) is 0 Å². The van der Waals surface area contributed by atoms with Crippen LogP contribution in [-0.4, -0.2) is 23.1 Å². The van der Waals surface area contributed by atoms with Crippen LogP contribution in [0.15, 0.2) is 47.6 Å². The molecule has 0 saturated heterocycles. The summed E-state index contributed by atoms with van der Waals surface area (Å²) in [6.07, 6.45) is 0. The lowest BCUT2D eigenvalue weighted by molar-refractivity contribution is -0.463. The molecule has 6 heteroatoms. The monoisotopic (exact) mass is 314 g/mol. The van der Waals surface area contributed by atoms with Gasteiger partial charge in [0, 0.05) is 10.5 Å². The number of rotatable bonds is 4. The zero-order valence-electron chi connectivity index (χ0n) is 13.3. The molecular weight excluding hydrogens is 296 g/mol. The highest BCUT2D eigenvalue weighted by molar-refractivity contribution is 6.11. The van der Waals surface area contributed by atoms with Crippen LogP contribution in [0.3, 0.4) is 0 Å². The molecule has 0 fully saturated rings. The predicted octanol–water partition coefficient (Wildman–Crippen LogP) is 3.41. The number of hydrogen-bond donors (Lipinski definition) is 0. The zero-order chi connectivity index (χ0) is 17.0. The molecule has 2 aromatic rings. The third-order valence-corrected chi connectivity index (χ3v) is 3.23. The summed E-state index contributed by atoms with van der Waals surface area (Å²) in [7, 11) is 0. The van der Waals surface area contributed by atoms with Gasteiger partial charge in [0.25, 0.3) is 0 Å². The molecule has 0 atom stereocenters. The number of hydrogen-bond acceptors (Lipinski definition) is 5. The number of oxime groups is 1. The Labute approximate surface area is 133 Å². The first kappa shape index (κ1) is 16.6. The normalized spacial score (nSPS) is 12.2. The summed E-state index contributed by atoms with van der Waals surface area (Å²) < 4.78 is 0. The number of carbonyl (C=O) groups excluding carboxylic acids is 1. The highest BCUT2D eigenvalue weighted by Crippen LogP contribution is 2.20. The minimum absolute atomic E-state index is 0.115. The molecule has 120 valence electrons. The summed E-state index contributed by atoms with van der Waals surface area (Å²) in [5.41, 5.74) is -0.0342. The van der Waals surface area contributed by atoms with Gasteiger partial charge in [0.05, 0.1) is 5.41 Å². The van der Waals surface area contributed by atoms with E-state index in [0.717, 1.165) is 10.8 Å². The van der Waals surface area contributed by atoms with E-state index in [1.807, 2.05) is 30.3 Å². The minimum atomic E-state index is -0.734. The van der Waals surface area contributed by atoms with Gasteiger partial charge < -0.3 is 4.84 Å². The lowest BCUT2D eigenvalue weighted by atomic mass is 9.98. The van der Waals surface area contributed by atoms with Crippen LogP contribution in [0.5, 0.6) is 0 Å². The second-order valence-electron chi connectivity index (χ2n) is 6.18. The lowest BCUT2D eigenvalue weighted by Crippen LogP contribution is -2.23. The van der Waals surface area contributed by atoms with Crippen molar-refractivity contribution in [3.63, 3.8) is 0 Å². The van der Waals surface area contributed by atoms with Gasteiger partial charge in [0.1, 0.15) is 0 Å². The minimum Gasteiger partial charge on any atom is -0.317 e. The van der Waals surface area contributed by atoms with E-state index in [4.69, 9.17) is 4.84 Å². The van der Waals surface area contributed by atoms with Crippen molar-refractivity contribution < 1.29 is 14.6 Å². The Kier molecular flexibility index (Phi) is 4.74. The van der Waals surface area contributed by atoms with Gasteiger partial charge in [-0.2, -0.15) is 0 Å². The Bertz CT molecular complexity index is 770. The Balaban J connectivity index is 2.45. The zero-order valence-corrected chi connectivity index (χ0v) is 13.3. The molecule has 6 nitrogen and oxygen atoms in total. The smallest absolute Gasteiger partial charge is 0.317 e. The Morgan fingerprint density at radius 1 is 1.17 bits per heavy atom. The maximum absolute atomic E-state index is 11.9. The molecule has 0 aliphatic heterocycles. The number of fused-ring (bicyclic) bond motifs is 1. The molecule has 0 bridgehead atoms. The molecule has 2 rings (SSSR count). The van der Waals surface area contributed by atoms with Crippen LogP contribution in [-0.2, 0) is 9.63 Å². The summed E-state index contributed by atoms with van der Waals surface area (Å²) in [6.45, 7) is 4.55. The van der Waals surface area contributed by atoms with Gasteiger partial charge >= 0.3 is 5.97 Å². The number of nitro groups is 1. The summed E-state index contributed by atoms with van der Waals surface area (Å²) in [6, 6.07) is 12.9. The molecule has 0 aliphatic carbocycles. The Morgan fingerprint density at radius 2 is 1.83 bits per heavy atom. The molecule has 0 unspecified atom stereocenters. The molecule has 0 heterocycles. The van der Waals surface area contributed by atoms with Crippen LogP contribution in [0.4, 0.5) is 0 Å². The van der Waals surface area contributed by atoms with Gasteiger partial charge in [-0.1, -0.05) is 47.6 Å². The molecule has 0 radical (unpaired) electrons. The van der Waals surface area contributed by atoms with Gasteiger partial charge in [0.2, 0.25) is 6.54 Å².